The SMILES string of the molecule is Cc1ncc(S(=O)(=O)N(C)Cc2ccccc2O)[nH]1. The van der Waals surface area contributed by atoms with Crippen molar-refractivity contribution in [3.8, 4) is 5.75 Å². The summed E-state index contributed by atoms with van der Waals surface area (Å²) in [6, 6.07) is 6.64. The summed E-state index contributed by atoms with van der Waals surface area (Å²) in [5.41, 5.74) is 0.546. The molecule has 0 unspecified atom stereocenters. The fraction of sp³-hybridized carbons (Fsp3) is 0.250. The Balaban J connectivity index is 2.25. The second-order valence-electron chi connectivity index (χ2n) is 4.22. The Bertz CT molecular complexity index is 679. The maximum Gasteiger partial charge on any atom is 0.260 e. The quantitative estimate of drug-likeness (QED) is 0.883. The smallest absolute Gasteiger partial charge is 0.260 e. The number of nitrogens with one attached hydrogen (secondary N) is 1. The second-order valence-corrected chi connectivity index (χ2v) is 6.24. The maximum absolute atomic E-state index is 12.2. The van der Waals surface area contributed by atoms with Crippen LogP contribution in [0.3, 0.4) is 0 Å². The van der Waals surface area contributed by atoms with Gasteiger partial charge in [0, 0.05) is 19.2 Å². The average molecular weight is 281 g/mol. The van der Waals surface area contributed by atoms with Gasteiger partial charge < -0.3 is 10.1 Å². The van der Waals surface area contributed by atoms with Crippen LogP contribution >= 0.6 is 0 Å². The topological polar surface area (TPSA) is 86.3 Å². The Morgan fingerprint density at radius 2 is 2.05 bits per heavy atom. The Morgan fingerprint density at radius 3 is 2.63 bits per heavy atom. The van der Waals surface area contributed by atoms with Gasteiger partial charge in [-0.25, -0.2) is 13.4 Å². The summed E-state index contributed by atoms with van der Waals surface area (Å²) in [5.74, 6) is 0.611. The number of nitrogens with zero attached hydrogens (tertiary/aromatic N) is 2. The summed E-state index contributed by atoms with van der Waals surface area (Å²) < 4.78 is 25.6. The standard InChI is InChI=1S/C12H15N3O3S/c1-9-13-7-12(14-9)19(17,18)15(2)8-10-5-3-4-6-11(10)16/h3-7,16H,8H2,1-2H3,(H,13,14). The van der Waals surface area contributed by atoms with Crippen LogP contribution in [0.25, 0.3) is 0 Å². The highest BCUT2D eigenvalue weighted by Gasteiger charge is 2.23. The van der Waals surface area contributed by atoms with Crippen LogP contribution in [0.4, 0.5) is 0 Å². The highest BCUT2D eigenvalue weighted by molar-refractivity contribution is 7.89. The fourth-order valence-electron chi connectivity index (χ4n) is 1.67. The summed E-state index contributed by atoms with van der Waals surface area (Å²) in [4.78, 5) is 6.57. The molecule has 2 N–H and O–H groups in total. The third-order valence-corrected chi connectivity index (χ3v) is 4.47. The van der Waals surface area contributed by atoms with E-state index in [9.17, 15) is 13.5 Å². The van der Waals surface area contributed by atoms with Crippen molar-refractivity contribution in [1.82, 2.24) is 14.3 Å². The lowest BCUT2D eigenvalue weighted by atomic mass is 10.2. The number of aromatic amines is 1. The molecule has 0 amide bonds. The first-order valence-electron chi connectivity index (χ1n) is 5.66. The average Bonchev–Trinajstić information content (AvgIpc) is 2.79. The van der Waals surface area contributed by atoms with Crippen LogP contribution in [0.1, 0.15) is 11.4 Å². The number of H-pyrrole nitrogens is 1. The van der Waals surface area contributed by atoms with E-state index in [1.807, 2.05) is 0 Å². The van der Waals surface area contributed by atoms with E-state index in [2.05, 4.69) is 9.97 Å². The third-order valence-electron chi connectivity index (χ3n) is 2.75. The number of aromatic hydroxyl groups is 1. The molecule has 1 aromatic carbocycles. The first kappa shape index (κ1) is 13.6. The number of benzene rings is 1. The van der Waals surface area contributed by atoms with Crippen LogP contribution in [0.15, 0.2) is 35.5 Å². The van der Waals surface area contributed by atoms with Crippen LogP contribution < -0.4 is 0 Å². The minimum atomic E-state index is -3.63. The number of imidazole rings is 1. The molecule has 2 aromatic rings. The largest absolute Gasteiger partial charge is 0.508 e. The molecule has 7 heteroatoms. The van der Waals surface area contributed by atoms with Gasteiger partial charge in [-0.05, 0) is 13.0 Å². The van der Waals surface area contributed by atoms with Crippen molar-refractivity contribution < 1.29 is 13.5 Å². The number of aromatic nitrogens is 2. The molecule has 0 aliphatic heterocycles. The number of sulfonamides is 1. The molecule has 0 radical (unpaired) electrons. The van der Waals surface area contributed by atoms with Gasteiger partial charge in [-0.2, -0.15) is 4.31 Å². The zero-order valence-corrected chi connectivity index (χ0v) is 11.5. The molecule has 0 atom stereocenters. The molecule has 2 rings (SSSR count). The molecular weight excluding hydrogens is 266 g/mol. The van der Waals surface area contributed by atoms with E-state index < -0.39 is 10.0 Å². The predicted octanol–water partition coefficient (Wildman–Crippen LogP) is 1.24. The van der Waals surface area contributed by atoms with Gasteiger partial charge in [0.1, 0.15) is 11.6 Å². The van der Waals surface area contributed by atoms with Crippen LogP contribution in [-0.2, 0) is 16.6 Å². The third kappa shape index (κ3) is 2.77. The Hall–Kier alpha value is -1.86. The molecule has 0 saturated heterocycles. The number of hydrogen-bond donors (Lipinski definition) is 2. The van der Waals surface area contributed by atoms with E-state index in [-0.39, 0.29) is 17.3 Å². The van der Waals surface area contributed by atoms with Crippen molar-refractivity contribution in [3.05, 3.63) is 41.9 Å². The molecule has 0 aliphatic rings. The van der Waals surface area contributed by atoms with Crippen LogP contribution in [0.5, 0.6) is 5.75 Å². The lowest BCUT2D eigenvalue weighted by Crippen LogP contribution is -2.26. The molecular formula is C12H15N3O3S. The molecule has 0 aliphatic carbocycles. The van der Waals surface area contributed by atoms with Gasteiger partial charge >= 0.3 is 0 Å². The summed E-state index contributed by atoms with van der Waals surface area (Å²) in [6.45, 7) is 1.77. The summed E-state index contributed by atoms with van der Waals surface area (Å²) in [5, 5.41) is 9.70. The van der Waals surface area contributed by atoms with Crippen molar-refractivity contribution in [1.29, 1.82) is 0 Å². The number of rotatable bonds is 4. The number of para-hydroxylation sites is 1. The molecule has 1 heterocycles. The molecule has 0 spiro atoms. The molecule has 102 valence electrons. The minimum absolute atomic E-state index is 0.0444. The van der Waals surface area contributed by atoms with E-state index >= 15 is 0 Å². The normalized spacial score (nSPS) is 11.9. The molecule has 0 fully saturated rings. The monoisotopic (exact) mass is 281 g/mol. The van der Waals surface area contributed by atoms with Gasteiger partial charge in [-0.15, -0.1) is 0 Å². The molecule has 19 heavy (non-hydrogen) atoms. The Morgan fingerprint density at radius 1 is 1.37 bits per heavy atom. The van der Waals surface area contributed by atoms with Crippen LogP contribution in [0.2, 0.25) is 0 Å². The van der Waals surface area contributed by atoms with Crippen LogP contribution in [0, 0.1) is 6.92 Å². The first-order valence-corrected chi connectivity index (χ1v) is 7.10. The number of hydrogen-bond acceptors (Lipinski definition) is 4. The number of phenolic OH excluding ortho intramolecular Hbond substituents is 1. The van der Waals surface area contributed by atoms with Crippen molar-refractivity contribution >= 4 is 10.0 Å². The number of phenols is 1. The fourth-order valence-corrected chi connectivity index (χ4v) is 2.77. The summed E-state index contributed by atoms with van der Waals surface area (Å²) in [6.07, 6.45) is 1.28. The van der Waals surface area contributed by atoms with Crippen molar-refractivity contribution in [2.24, 2.45) is 0 Å². The van der Waals surface area contributed by atoms with Gasteiger partial charge in [-0.3, -0.25) is 0 Å². The van der Waals surface area contributed by atoms with Gasteiger partial charge in [0.15, 0.2) is 5.03 Å². The van der Waals surface area contributed by atoms with E-state index in [1.54, 1.807) is 25.1 Å². The maximum atomic E-state index is 12.2. The van der Waals surface area contributed by atoms with Gasteiger partial charge in [-0.1, -0.05) is 18.2 Å². The molecule has 0 bridgehead atoms. The molecule has 1 aromatic heterocycles. The second kappa shape index (κ2) is 5.02. The van der Waals surface area contributed by atoms with Gasteiger partial charge in [0.2, 0.25) is 0 Å². The highest BCUT2D eigenvalue weighted by Crippen LogP contribution is 2.20. The molecule has 6 nitrogen and oxygen atoms in total. The Labute approximate surface area is 111 Å². The van der Waals surface area contributed by atoms with Crippen molar-refractivity contribution in [2.45, 2.75) is 18.5 Å². The zero-order valence-electron chi connectivity index (χ0n) is 10.7. The first-order chi connectivity index (χ1) is 8.91. The summed E-state index contributed by atoms with van der Waals surface area (Å²) >= 11 is 0. The molecule has 0 saturated carbocycles. The van der Waals surface area contributed by atoms with E-state index in [0.717, 1.165) is 4.31 Å². The van der Waals surface area contributed by atoms with Crippen LogP contribution in [-0.4, -0.2) is 34.8 Å². The van der Waals surface area contributed by atoms with E-state index in [1.165, 1.54) is 19.3 Å². The van der Waals surface area contributed by atoms with Crippen molar-refractivity contribution in [3.63, 3.8) is 0 Å². The summed E-state index contributed by atoms with van der Waals surface area (Å²) in [7, 11) is -2.17. The van der Waals surface area contributed by atoms with Gasteiger partial charge in [0.05, 0.1) is 6.20 Å². The Kier molecular flexibility index (Phi) is 3.59. The zero-order chi connectivity index (χ0) is 14.0. The van der Waals surface area contributed by atoms with E-state index in [4.69, 9.17) is 0 Å². The minimum Gasteiger partial charge on any atom is -0.508 e. The lowest BCUT2D eigenvalue weighted by molar-refractivity contribution is 0.434. The predicted molar refractivity (Wildman–Crippen MR) is 70.1 cm³/mol. The van der Waals surface area contributed by atoms with Gasteiger partial charge in [0.25, 0.3) is 10.0 Å². The van der Waals surface area contributed by atoms with E-state index in [0.29, 0.717) is 11.4 Å². The van der Waals surface area contributed by atoms with Crippen molar-refractivity contribution in [2.75, 3.05) is 7.05 Å². The highest BCUT2D eigenvalue weighted by atomic mass is 32.2. The lowest BCUT2D eigenvalue weighted by Gasteiger charge is -2.16. The number of aryl methyl sites for hydroxylation is 1.